The number of hydrogen-bond acceptors (Lipinski definition) is 1. The van der Waals surface area contributed by atoms with Gasteiger partial charge in [-0.05, 0) is 54.8 Å². The molecule has 21 heavy (non-hydrogen) atoms. The third-order valence-corrected chi connectivity index (χ3v) is 3.66. The summed E-state index contributed by atoms with van der Waals surface area (Å²) in [6.45, 7) is 2.91. The van der Waals surface area contributed by atoms with Crippen molar-refractivity contribution in [3.63, 3.8) is 0 Å². The van der Waals surface area contributed by atoms with Crippen molar-refractivity contribution in [3.05, 3.63) is 70.2 Å². The molecule has 0 heterocycles. The van der Waals surface area contributed by atoms with E-state index < -0.39 is 0 Å². The molecule has 0 radical (unpaired) electrons. The highest BCUT2D eigenvalue weighted by molar-refractivity contribution is 6.31. The van der Waals surface area contributed by atoms with E-state index in [2.05, 4.69) is 12.2 Å². The Labute approximate surface area is 128 Å². The first-order valence-corrected chi connectivity index (χ1v) is 7.40. The van der Waals surface area contributed by atoms with Gasteiger partial charge in [0.05, 0.1) is 0 Å². The Morgan fingerprint density at radius 2 is 1.71 bits per heavy atom. The van der Waals surface area contributed by atoms with Crippen LogP contribution < -0.4 is 5.32 Å². The van der Waals surface area contributed by atoms with Crippen LogP contribution >= 0.6 is 11.6 Å². The quantitative estimate of drug-likeness (QED) is 0.800. The zero-order chi connectivity index (χ0) is 15.2. The third-order valence-electron chi connectivity index (χ3n) is 3.33. The number of nitrogens with one attached hydrogen (secondary N) is 1. The summed E-state index contributed by atoms with van der Waals surface area (Å²) >= 11 is 6.15. The normalized spacial score (nSPS) is 12.4. The van der Waals surface area contributed by atoms with E-state index in [1.54, 1.807) is 18.2 Å². The van der Waals surface area contributed by atoms with Crippen LogP contribution in [-0.4, -0.2) is 6.54 Å². The van der Waals surface area contributed by atoms with Gasteiger partial charge in [-0.1, -0.05) is 36.7 Å². The maximum absolute atomic E-state index is 13.2. The van der Waals surface area contributed by atoms with E-state index >= 15 is 0 Å². The van der Waals surface area contributed by atoms with E-state index in [0.29, 0.717) is 11.4 Å². The van der Waals surface area contributed by atoms with Crippen molar-refractivity contribution in [2.24, 2.45) is 0 Å². The minimum absolute atomic E-state index is 0.0245. The molecule has 0 aliphatic carbocycles. The number of halogens is 3. The van der Waals surface area contributed by atoms with Crippen LogP contribution in [0.4, 0.5) is 8.78 Å². The van der Waals surface area contributed by atoms with Gasteiger partial charge in [-0.15, -0.1) is 0 Å². The molecule has 0 bridgehead atoms. The smallest absolute Gasteiger partial charge is 0.124 e. The molecule has 2 aromatic carbocycles. The van der Waals surface area contributed by atoms with Gasteiger partial charge in [0.15, 0.2) is 0 Å². The Kier molecular flexibility index (Phi) is 5.71. The molecule has 0 spiro atoms. The van der Waals surface area contributed by atoms with E-state index in [-0.39, 0.29) is 17.7 Å². The van der Waals surface area contributed by atoms with E-state index in [9.17, 15) is 8.78 Å². The SMILES string of the molecule is CCCNC(Cc1ccc(F)cc1)c1ccc(F)cc1Cl. The highest BCUT2D eigenvalue weighted by Gasteiger charge is 2.15. The summed E-state index contributed by atoms with van der Waals surface area (Å²) < 4.78 is 26.2. The average Bonchev–Trinajstić information content (AvgIpc) is 2.46. The topological polar surface area (TPSA) is 12.0 Å². The van der Waals surface area contributed by atoms with Crippen LogP contribution in [0.15, 0.2) is 42.5 Å². The number of benzene rings is 2. The van der Waals surface area contributed by atoms with Gasteiger partial charge in [0.2, 0.25) is 0 Å². The molecule has 2 rings (SSSR count). The van der Waals surface area contributed by atoms with Crippen molar-refractivity contribution in [2.45, 2.75) is 25.8 Å². The zero-order valence-electron chi connectivity index (χ0n) is 11.9. The summed E-state index contributed by atoms with van der Waals surface area (Å²) in [7, 11) is 0. The van der Waals surface area contributed by atoms with Crippen molar-refractivity contribution in [1.29, 1.82) is 0 Å². The van der Waals surface area contributed by atoms with Gasteiger partial charge in [0.25, 0.3) is 0 Å². The molecule has 2 aromatic rings. The average molecular weight is 310 g/mol. The van der Waals surface area contributed by atoms with Crippen molar-refractivity contribution in [1.82, 2.24) is 5.32 Å². The predicted octanol–water partition coefficient (Wildman–Crippen LogP) is 4.90. The highest BCUT2D eigenvalue weighted by Crippen LogP contribution is 2.26. The van der Waals surface area contributed by atoms with Crippen molar-refractivity contribution in [3.8, 4) is 0 Å². The fourth-order valence-electron chi connectivity index (χ4n) is 2.25. The molecular formula is C17H18ClF2N. The van der Waals surface area contributed by atoms with Crippen LogP contribution in [0, 0.1) is 11.6 Å². The monoisotopic (exact) mass is 309 g/mol. The van der Waals surface area contributed by atoms with Gasteiger partial charge in [-0.25, -0.2) is 8.78 Å². The lowest BCUT2D eigenvalue weighted by atomic mass is 9.98. The first kappa shape index (κ1) is 15.9. The minimum atomic E-state index is -0.347. The Balaban J connectivity index is 2.22. The van der Waals surface area contributed by atoms with Gasteiger partial charge in [0, 0.05) is 11.1 Å². The van der Waals surface area contributed by atoms with Gasteiger partial charge in [-0.2, -0.15) is 0 Å². The summed E-state index contributed by atoms with van der Waals surface area (Å²) in [5.41, 5.74) is 1.86. The Morgan fingerprint density at radius 1 is 1.05 bits per heavy atom. The summed E-state index contributed by atoms with van der Waals surface area (Å²) in [6, 6.07) is 10.8. The van der Waals surface area contributed by atoms with E-state index in [4.69, 9.17) is 11.6 Å². The summed E-state index contributed by atoms with van der Waals surface area (Å²) in [4.78, 5) is 0. The lowest BCUT2D eigenvalue weighted by molar-refractivity contribution is 0.527. The van der Waals surface area contributed by atoms with Crippen molar-refractivity contribution < 1.29 is 8.78 Å². The minimum Gasteiger partial charge on any atom is -0.310 e. The lowest BCUT2D eigenvalue weighted by Crippen LogP contribution is -2.24. The van der Waals surface area contributed by atoms with Gasteiger partial charge in [-0.3, -0.25) is 0 Å². The molecule has 1 atom stereocenters. The molecule has 0 aliphatic rings. The molecule has 1 N–H and O–H groups in total. The maximum Gasteiger partial charge on any atom is 0.124 e. The van der Waals surface area contributed by atoms with Gasteiger partial charge >= 0.3 is 0 Å². The lowest BCUT2D eigenvalue weighted by Gasteiger charge is -2.20. The molecule has 0 fully saturated rings. The fraction of sp³-hybridized carbons (Fsp3) is 0.294. The summed E-state index contributed by atoms with van der Waals surface area (Å²) in [6.07, 6.45) is 1.66. The highest BCUT2D eigenvalue weighted by atomic mass is 35.5. The number of rotatable bonds is 6. The second-order valence-corrected chi connectivity index (χ2v) is 5.41. The van der Waals surface area contributed by atoms with E-state index in [1.807, 2.05) is 0 Å². The predicted molar refractivity (Wildman–Crippen MR) is 82.5 cm³/mol. The second kappa shape index (κ2) is 7.53. The molecule has 1 nitrogen and oxygen atoms in total. The van der Waals surface area contributed by atoms with E-state index in [0.717, 1.165) is 24.1 Å². The van der Waals surface area contributed by atoms with E-state index in [1.165, 1.54) is 24.3 Å². The van der Waals surface area contributed by atoms with Crippen LogP contribution in [0.1, 0.15) is 30.5 Å². The number of hydrogen-bond donors (Lipinski definition) is 1. The van der Waals surface area contributed by atoms with Crippen LogP contribution in [0.5, 0.6) is 0 Å². The summed E-state index contributed by atoms with van der Waals surface area (Å²) in [5.74, 6) is -0.601. The first-order chi connectivity index (χ1) is 10.1. The van der Waals surface area contributed by atoms with Crippen LogP contribution in [0.25, 0.3) is 0 Å². The van der Waals surface area contributed by atoms with Crippen molar-refractivity contribution in [2.75, 3.05) is 6.54 Å². The molecule has 0 saturated carbocycles. The zero-order valence-corrected chi connectivity index (χ0v) is 12.6. The molecule has 4 heteroatoms. The third kappa shape index (κ3) is 4.51. The molecule has 0 aromatic heterocycles. The molecule has 0 amide bonds. The Hall–Kier alpha value is -1.45. The maximum atomic E-state index is 13.2. The second-order valence-electron chi connectivity index (χ2n) is 5.00. The van der Waals surface area contributed by atoms with Gasteiger partial charge < -0.3 is 5.32 Å². The molecule has 0 saturated heterocycles. The molecule has 0 aliphatic heterocycles. The summed E-state index contributed by atoms with van der Waals surface area (Å²) in [5, 5.41) is 3.82. The van der Waals surface area contributed by atoms with Crippen LogP contribution in [0.3, 0.4) is 0 Å². The fourth-order valence-corrected chi connectivity index (χ4v) is 2.55. The molecule has 1 unspecified atom stereocenters. The molecule has 112 valence electrons. The molecular weight excluding hydrogens is 292 g/mol. The van der Waals surface area contributed by atoms with Gasteiger partial charge in [0.1, 0.15) is 11.6 Å². The Morgan fingerprint density at radius 3 is 2.33 bits per heavy atom. The largest absolute Gasteiger partial charge is 0.310 e. The van der Waals surface area contributed by atoms with Crippen LogP contribution in [0.2, 0.25) is 5.02 Å². The van der Waals surface area contributed by atoms with Crippen LogP contribution in [-0.2, 0) is 6.42 Å². The van der Waals surface area contributed by atoms with Crippen molar-refractivity contribution >= 4 is 11.6 Å². The first-order valence-electron chi connectivity index (χ1n) is 7.03. The Bertz CT molecular complexity index is 584. The standard InChI is InChI=1S/C17H18ClF2N/c1-2-9-21-17(10-12-3-5-13(19)6-4-12)15-8-7-14(20)11-16(15)18/h3-8,11,17,21H,2,9-10H2,1H3.